The molecule has 5 rings (SSSR count). The first-order chi connectivity index (χ1) is 18.0. The van der Waals surface area contributed by atoms with Crippen molar-refractivity contribution in [1.29, 1.82) is 0 Å². The first kappa shape index (κ1) is 27.3. The number of carbonyl (C=O) groups is 1. The first-order valence-electron chi connectivity index (χ1n) is 13.9. The van der Waals surface area contributed by atoms with Gasteiger partial charge >= 0.3 is 0 Å². The van der Waals surface area contributed by atoms with E-state index in [4.69, 9.17) is 9.47 Å². The average molecular weight is 524 g/mol. The number of fused-ring (bicyclic) bond motifs is 2. The van der Waals surface area contributed by atoms with Crippen molar-refractivity contribution >= 4 is 5.91 Å². The van der Waals surface area contributed by atoms with Crippen LogP contribution in [-0.2, 0) is 32.9 Å². The number of hydrogen-bond donors (Lipinski definition) is 3. The van der Waals surface area contributed by atoms with Gasteiger partial charge in [-0.05, 0) is 81.2 Å². The third-order valence-corrected chi connectivity index (χ3v) is 8.74. The topological polar surface area (TPSA) is 99.5 Å². The fourth-order valence-electron chi connectivity index (χ4n) is 6.16. The van der Waals surface area contributed by atoms with E-state index in [0.717, 1.165) is 61.9 Å². The molecule has 1 amide bonds. The quantitative estimate of drug-likeness (QED) is 0.491. The zero-order chi connectivity index (χ0) is 27.1. The Morgan fingerprint density at radius 3 is 2.45 bits per heavy atom. The Balaban J connectivity index is 1.26. The zero-order valence-electron chi connectivity index (χ0n) is 22.8. The lowest BCUT2D eigenvalue weighted by molar-refractivity contribution is -0.308. The minimum Gasteiger partial charge on any atom is -0.390 e. The smallest absolute Gasteiger partial charge is 0.222 e. The summed E-state index contributed by atoms with van der Waals surface area (Å²) in [6, 6.07) is 14.6. The molecule has 206 valence electrons. The van der Waals surface area contributed by atoms with Crippen molar-refractivity contribution in [2.45, 2.75) is 94.9 Å². The maximum Gasteiger partial charge on any atom is 0.222 e. The number of rotatable bonds is 8. The van der Waals surface area contributed by atoms with E-state index in [2.05, 4.69) is 37.3 Å². The molecular formula is C31H41NO6. The Labute approximate surface area is 225 Å². The number of benzene rings is 2. The minimum absolute atomic E-state index is 0.0109. The highest BCUT2D eigenvalue weighted by molar-refractivity contribution is 5.76. The van der Waals surface area contributed by atoms with Gasteiger partial charge in [0.05, 0.1) is 18.3 Å². The van der Waals surface area contributed by atoms with Crippen LogP contribution in [0.15, 0.2) is 42.5 Å². The van der Waals surface area contributed by atoms with E-state index in [1.54, 1.807) is 13.8 Å². The van der Waals surface area contributed by atoms with Crippen molar-refractivity contribution in [3.63, 3.8) is 0 Å². The Hall–Kier alpha value is -2.29. The van der Waals surface area contributed by atoms with Gasteiger partial charge in [-0.3, -0.25) is 4.79 Å². The number of ether oxygens (including phenoxy) is 2. The highest BCUT2D eigenvalue weighted by Gasteiger charge is 2.67. The van der Waals surface area contributed by atoms with Crippen LogP contribution in [0.5, 0.6) is 0 Å². The van der Waals surface area contributed by atoms with E-state index in [9.17, 15) is 20.1 Å². The number of aliphatic hydroxyl groups is 3. The van der Waals surface area contributed by atoms with E-state index in [-0.39, 0.29) is 18.9 Å². The predicted molar refractivity (Wildman–Crippen MR) is 144 cm³/mol. The molecule has 0 aromatic heterocycles. The summed E-state index contributed by atoms with van der Waals surface area (Å²) in [5.74, 6) is -0.943. The van der Waals surface area contributed by atoms with Crippen LogP contribution in [0, 0.1) is 6.92 Å². The summed E-state index contributed by atoms with van der Waals surface area (Å²) in [6.45, 7) is 7.03. The van der Waals surface area contributed by atoms with Gasteiger partial charge in [-0.25, -0.2) is 0 Å². The van der Waals surface area contributed by atoms with E-state index in [1.807, 2.05) is 17.0 Å². The molecule has 4 atom stereocenters. The second-order valence-electron chi connectivity index (χ2n) is 11.9. The SMILES string of the molecule is Cc1ccc([C@]23CC(O)[C@H](O)[C@](C(C)(C)O)(CO2)O3)cc1Cc1ccc(CCCC(=O)N2CCCC2)cc1. The number of amides is 1. The number of aryl methyl sites for hydroxylation is 2. The highest BCUT2D eigenvalue weighted by Crippen LogP contribution is 2.53. The Bertz CT molecular complexity index is 1150. The second-order valence-corrected chi connectivity index (χ2v) is 11.9. The van der Waals surface area contributed by atoms with Gasteiger partial charge in [-0.2, -0.15) is 0 Å². The van der Waals surface area contributed by atoms with Crippen molar-refractivity contribution in [2.75, 3.05) is 19.7 Å². The monoisotopic (exact) mass is 523 g/mol. The summed E-state index contributed by atoms with van der Waals surface area (Å²) in [4.78, 5) is 14.3. The predicted octanol–water partition coefficient (Wildman–Crippen LogP) is 3.37. The molecule has 0 radical (unpaired) electrons. The summed E-state index contributed by atoms with van der Waals surface area (Å²) < 4.78 is 12.5. The van der Waals surface area contributed by atoms with Gasteiger partial charge in [0.2, 0.25) is 5.91 Å². The van der Waals surface area contributed by atoms with Gasteiger partial charge in [0.1, 0.15) is 6.10 Å². The molecule has 7 heteroatoms. The molecular weight excluding hydrogens is 482 g/mol. The van der Waals surface area contributed by atoms with Crippen LogP contribution >= 0.6 is 0 Å². The van der Waals surface area contributed by atoms with Crippen LogP contribution in [0.3, 0.4) is 0 Å². The molecule has 3 heterocycles. The van der Waals surface area contributed by atoms with E-state index >= 15 is 0 Å². The summed E-state index contributed by atoms with van der Waals surface area (Å²) in [7, 11) is 0. The van der Waals surface area contributed by atoms with Crippen LogP contribution in [-0.4, -0.2) is 69.2 Å². The van der Waals surface area contributed by atoms with Gasteiger partial charge in [0, 0.05) is 31.5 Å². The minimum atomic E-state index is -1.41. The number of nitrogens with zero attached hydrogens (tertiary/aromatic N) is 1. The molecule has 0 aliphatic carbocycles. The fraction of sp³-hybridized carbons (Fsp3) is 0.581. The molecule has 0 saturated carbocycles. The maximum absolute atomic E-state index is 12.3. The Kier molecular flexibility index (Phi) is 7.44. The molecule has 3 aliphatic heterocycles. The lowest BCUT2D eigenvalue weighted by Gasteiger charge is -2.48. The molecule has 2 aromatic rings. The summed E-state index contributed by atoms with van der Waals surface area (Å²) >= 11 is 0. The van der Waals surface area contributed by atoms with Gasteiger partial charge < -0.3 is 29.7 Å². The van der Waals surface area contributed by atoms with Crippen molar-refractivity contribution in [1.82, 2.24) is 4.90 Å². The fourth-order valence-corrected chi connectivity index (χ4v) is 6.16. The molecule has 0 spiro atoms. The van der Waals surface area contributed by atoms with Crippen molar-refractivity contribution in [2.24, 2.45) is 0 Å². The van der Waals surface area contributed by atoms with Crippen molar-refractivity contribution in [3.8, 4) is 0 Å². The lowest BCUT2D eigenvalue weighted by atomic mass is 9.76. The molecule has 38 heavy (non-hydrogen) atoms. The Morgan fingerprint density at radius 1 is 1.08 bits per heavy atom. The largest absolute Gasteiger partial charge is 0.390 e. The second kappa shape index (κ2) is 10.4. The van der Waals surface area contributed by atoms with Crippen LogP contribution in [0.2, 0.25) is 0 Å². The molecule has 2 bridgehead atoms. The molecule has 3 fully saturated rings. The van der Waals surface area contributed by atoms with Crippen molar-refractivity contribution < 1.29 is 29.6 Å². The summed E-state index contributed by atoms with van der Waals surface area (Å²) in [5.41, 5.74) is 2.62. The molecule has 3 saturated heterocycles. The third-order valence-electron chi connectivity index (χ3n) is 8.74. The number of carbonyl (C=O) groups excluding carboxylic acids is 1. The summed E-state index contributed by atoms with van der Waals surface area (Å²) in [5, 5.41) is 32.2. The molecule has 2 aromatic carbocycles. The molecule has 1 unspecified atom stereocenters. The number of likely N-dealkylation sites (tertiary alicyclic amines) is 1. The number of aliphatic hydroxyl groups excluding tert-OH is 2. The van der Waals surface area contributed by atoms with Crippen LogP contribution in [0.1, 0.15) is 73.8 Å². The standard InChI is InChI=1S/C31H41NO6/c1-21-9-14-25(31-19-26(33)28(35)30(38-31,20-37-31)29(2,3)36)18-24(21)17-23-12-10-22(11-13-23)7-6-8-27(34)32-15-4-5-16-32/h9-14,18,26,28,33,35-36H,4-8,15-17,19-20H2,1-3H3/t26?,28-,30-,31+/m0/s1. The molecule has 7 nitrogen and oxygen atoms in total. The van der Waals surface area contributed by atoms with E-state index in [0.29, 0.717) is 6.42 Å². The van der Waals surface area contributed by atoms with Gasteiger partial charge in [-0.1, -0.05) is 36.4 Å². The van der Waals surface area contributed by atoms with Crippen LogP contribution < -0.4 is 0 Å². The maximum atomic E-state index is 12.3. The van der Waals surface area contributed by atoms with E-state index < -0.39 is 29.2 Å². The van der Waals surface area contributed by atoms with Gasteiger partial charge in [-0.15, -0.1) is 0 Å². The average Bonchev–Trinajstić information content (AvgIpc) is 3.53. The summed E-state index contributed by atoms with van der Waals surface area (Å²) in [6.07, 6.45) is 3.11. The lowest BCUT2D eigenvalue weighted by Crippen LogP contribution is -2.66. The molecule has 3 N–H and O–H groups in total. The molecule has 3 aliphatic rings. The normalized spacial score (nSPS) is 29.2. The first-order valence-corrected chi connectivity index (χ1v) is 13.9. The zero-order valence-corrected chi connectivity index (χ0v) is 22.8. The van der Waals surface area contributed by atoms with Gasteiger partial charge in [0.25, 0.3) is 0 Å². The van der Waals surface area contributed by atoms with Crippen LogP contribution in [0.25, 0.3) is 0 Å². The van der Waals surface area contributed by atoms with Crippen molar-refractivity contribution in [3.05, 3.63) is 70.3 Å². The highest BCUT2D eigenvalue weighted by atomic mass is 16.8. The van der Waals surface area contributed by atoms with Crippen LogP contribution in [0.4, 0.5) is 0 Å². The third kappa shape index (κ3) is 5.03. The van der Waals surface area contributed by atoms with Gasteiger partial charge in [0.15, 0.2) is 11.4 Å². The number of hydrogen-bond acceptors (Lipinski definition) is 6. The van der Waals surface area contributed by atoms with E-state index in [1.165, 1.54) is 11.1 Å². The Morgan fingerprint density at radius 2 is 1.76 bits per heavy atom.